The van der Waals surface area contributed by atoms with Crippen molar-refractivity contribution >= 4 is 27.6 Å². The highest BCUT2D eigenvalue weighted by Crippen LogP contribution is 2.28. The Hall–Kier alpha value is -3.15. The van der Waals surface area contributed by atoms with Gasteiger partial charge in [0.05, 0.1) is 13.2 Å². The molecular formula is C25H24N2O3. The van der Waals surface area contributed by atoms with Crippen molar-refractivity contribution in [1.82, 2.24) is 10.2 Å². The molecular weight excluding hydrogens is 376 g/mol. The zero-order valence-corrected chi connectivity index (χ0v) is 16.8. The maximum absolute atomic E-state index is 12.6. The number of carbonyl (C=O) groups is 1. The number of ether oxygens (including phenoxy) is 1. The minimum atomic E-state index is -0.201. The first-order chi connectivity index (χ1) is 14.8. The van der Waals surface area contributed by atoms with Gasteiger partial charge in [-0.05, 0) is 34.0 Å². The van der Waals surface area contributed by atoms with Crippen LogP contribution in [0.2, 0.25) is 0 Å². The highest BCUT2D eigenvalue weighted by Gasteiger charge is 2.14. The van der Waals surface area contributed by atoms with Crippen molar-refractivity contribution in [2.45, 2.75) is 13.1 Å². The molecule has 0 saturated carbocycles. The monoisotopic (exact) mass is 400 g/mol. The molecule has 5 rings (SSSR count). The molecule has 1 N–H and O–H groups in total. The van der Waals surface area contributed by atoms with Gasteiger partial charge in [0.1, 0.15) is 5.58 Å². The van der Waals surface area contributed by atoms with Gasteiger partial charge >= 0.3 is 0 Å². The number of carbonyl (C=O) groups excluding carboxylic acids is 1. The van der Waals surface area contributed by atoms with Gasteiger partial charge in [0.15, 0.2) is 5.76 Å². The number of nitrogens with one attached hydrogen (secondary N) is 1. The lowest BCUT2D eigenvalue weighted by Crippen LogP contribution is -2.35. The van der Waals surface area contributed by atoms with Crippen molar-refractivity contribution in [3.05, 3.63) is 83.6 Å². The molecule has 0 bridgehead atoms. The summed E-state index contributed by atoms with van der Waals surface area (Å²) in [5.74, 6) is 0.137. The van der Waals surface area contributed by atoms with Crippen molar-refractivity contribution in [2.75, 3.05) is 26.3 Å². The number of benzene rings is 3. The van der Waals surface area contributed by atoms with Crippen LogP contribution in [-0.4, -0.2) is 37.1 Å². The zero-order chi connectivity index (χ0) is 20.3. The van der Waals surface area contributed by atoms with Crippen LogP contribution in [0.5, 0.6) is 0 Å². The molecule has 3 aromatic carbocycles. The van der Waals surface area contributed by atoms with Crippen molar-refractivity contribution in [1.29, 1.82) is 0 Å². The van der Waals surface area contributed by atoms with Crippen molar-refractivity contribution in [3.8, 4) is 0 Å². The molecule has 0 aliphatic carbocycles. The van der Waals surface area contributed by atoms with Gasteiger partial charge in [-0.1, -0.05) is 54.6 Å². The smallest absolute Gasteiger partial charge is 0.287 e. The average Bonchev–Trinajstić information content (AvgIpc) is 3.24. The van der Waals surface area contributed by atoms with E-state index in [4.69, 9.17) is 9.15 Å². The number of furan rings is 1. The minimum absolute atomic E-state index is 0.201. The molecule has 5 nitrogen and oxygen atoms in total. The fraction of sp³-hybridized carbons (Fsp3) is 0.240. The standard InChI is InChI=1S/C25H24N2O3/c28-25(24-15-22-21-4-2-1-3-20(21)9-10-23(22)30-24)26-16-18-5-7-19(8-6-18)17-27-11-13-29-14-12-27/h1-10,15H,11-14,16-17H2,(H,26,28). The number of rotatable bonds is 5. The summed E-state index contributed by atoms with van der Waals surface area (Å²) >= 11 is 0. The zero-order valence-electron chi connectivity index (χ0n) is 16.8. The lowest BCUT2D eigenvalue weighted by Gasteiger charge is -2.26. The third-order valence-corrected chi connectivity index (χ3v) is 5.64. The Kier molecular flexibility index (Phi) is 5.22. The van der Waals surface area contributed by atoms with E-state index in [1.165, 1.54) is 5.56 Å². The molecule has 152 valence electrons. The quantitative estimate of drug-likeness (QED) is 0.541. The van der Waals surface area contributed by atoms with Crippen molar-refractivity contribution in [3.63, 3.8) is 0 Å². The van der Waals surface area contributed by atoms with Crippen LogP contribution < -0.4 is 5.32 Å². The van der Waals surface area contributed by atoms with Crippen molar-refractivity contribution in [2.24, 2.45) is 0 Å². The van der Waals surface area contributed by atoms with Crippen LogP contribution >= 0.6 is 0 Å². The molecule has 0 unspecified atom stereocenters. The topological polar surface area (TPSA) is 54.7 Å². The molecule has 1 fully saturated rings. The van der Waals surface area contributed by atoms with Gasteiger partial charge in [0, 0.05) is 31.6 Å². The summed E-state index contributed by atoms with van der Waals surface area (Å²) in [5, 5.41) is 6.15. The van der Waals surface area contributed by atoms with Crippen LogP contribution in [-0.2, 0) is 17.8 Å². The molecule has 1 aliphatic heterocycles. The van der Waals surface area contributed by atoms with E-state index in [2.05, 4.69) is 40.5 Å². The summed E-state index contributed by atoms with van der Waals surface area (Å²) in [6.45, 7) is 4.97. The first-order valence-electron chi connectivity index (χ1n) is 10.3. The average molecular weight is 400 g/mol. The molecule has 0 radical (unpaired) electrons. The highest BCUT2D eigenvalue weighted by atomic mass is 16.5. The maximum Gasteiger partial charge on any atom is 0.287 e. The number of hydrogen-bond donors (Lipinski definition) is 1. The summed E-state index contributed by atoms with van der Waals surface area (Å²) in [6, 6.07) is 22.3. The van der Waals surface area contributed by atoms with Gasteiger partial charge in [-0.3, -0.25) is 9.69 Å². The summed E-state index contributed by atoms with van der Waals surface area (Å²) in [7, 11) is 0. The van der Waals surface area contributed by atoms with E-state index < -0.39 is 0 Å². The first-order valence-corrected chi connectivity index (χ1v) is 10.3. The number of morpholine rings is 1. The summed E-state index contributed by atoms with van der Waals surface area (Å²) in [4.78, 5) is 15.0. The minimum Gasteiger partial charge on any atom is -0.451 e. The summed E-state index contributed by atoms with van der Waals surface area (Å²) in [6.07, 6.45) is 0. The van der Waals surface area contributed by atoms with Gasteiger partial charge in [-0.2, -0.15) is 0 Å². The molecule has 1 aliphatic rings. The Morgan fingerprint density at radius 1 is 0.900 bits per heavy atom. The van der Waals surface area contributed by atoms with Gasteiger partial charge in [-0.15, -0.1) is 0 Å². The third-order valence-electron chi connectivity index (χ3n) is 5.64. The van der Waals surface area contributed by atoms with Crippen molar-refractivity contribution < 1.29 is 13.9 Å². The Balaban J connectivity index is 1.24. The van der Waals surface area contributed by atoms with Gasteiger partial charge < -0.3 is 14.5 Å². The molecule has 30 heavy (non-hydrogen) atoms. The van der Waals surface area contributed by atoms with E-state index in [9.17, 15) is 4.79 Å². The SMILES string of the molecule is O=C(NCc1ccc(CN2CCOCC2)cc1)c1cc2c(ccc3ccccc32)o1. The van der Waals surface area contributed by atoms with E-state index >= 15 is 0 Å². The number of hydrogen-bond acceptors (Lipinski definition) is 4. The van der Waals surface area contributed by atoms with E-state index in [1.54, 1.807) is 0 Å². The van der Waals surface area contributed by atoms with Gasteiger partial charge in [-0.25, -0.2) is 0 Å². The van der Waals surface area contributed by atoms with Crippen LogP contribution in [0.1, 0.15) is 21.7 Å². The van der Waals surface area contributed by atoms with Crippen LogP contribution in [0.3, 0.4) is 0 Å². The molecule has 1 amide bonds. The van der Waals surface area contributed by atoms with Crippen LogP contribution in [0.15, 0.2) is 71.1 Å². The highest BCUT2D eigenvalue weighted by molar-refractivity contribution is 6.08. The fourth-order valence-electron chi connectivity index (χ4n) is 3.95. The second kappa shape index (κ2) is 8.30. The largest absolute Gasteiger partial charge is 0.451 e. The number of amides is 1. The fourth-order valence-corrected chi connectivity index (χ4v) is 3.95. The van der Waals surface area contributed by atoms with E-state index in [-0.39, 0.29) is 5.91 Å². The Morgan fingerprint density at radius 2 is 1.67 bits per heavy atom. The maximum atomic E-state index is 12.6. The Morgan fingerprint density at radius 3 is 2.50 bits per heavy atom. The van der Waals surface area contributed by atoms with E-state index in [0.29, 0.717) is 12.3 Å². The normalized spacial score (nSPS) is 14.9. The third kappa shape index (κ3) is 3.95. The molecule has 5 heteroatoms. The summed E-state index contributed by atoms with van der Waals surface area (Å²) in [5.41, 5.74) is 3.07. The predicted octanol–water partition coefficient (Wildman–Crippen LogP) is 4.35. The lowest BCUT2D eigenvalue weighted by atomic mass is 10.1. The van der Waals surface area contributed by atoms with Crippen LogP contribution in [0.4, 0.5) is 0 Å². The van der Waals surface area contributed by atoms with Gasteiger partial charge in [0.25, 0.3) is 5.91 Å². The number of fused-ring (bicyclic) bond motifs is 3. The lowest BCUT2D eigenvalue weighted by molar-refractivity contribution is 0.0342. The molecule has 1 saturated heterocycles. The molecule has 0 spiro atoms. The second-order valence-electron chi connectivity index (χ2n) is 7.70. The Labute approximate surface area is 175 Å². The molecule has 2 heterocycles. The van der Waals surface area contributed by atoms with E-state index in [0.717, 1.165) is 60.2 Å². The van der Waals surface area contributed by atoms with Gasteiger partial charge in [0.2, 0.25) is 0 Å². The van der Waals surface area contributed by atoms with Crippen LogP contribution in [0.25, 0.3) is 21.7 Å². The molecule has 4 aromatic rings. The summed E-state index contributed by atoms with van der Waals surface area (Å²) < 4.78 is 11.2. The first kappa shape index (κ1) is 18.9. The molecule has 1 aromatic heterocycles. The van der Waals surface area contributed by atoms with Crippen LogP contribution in [0, 0.1) is 0 Å². The number of nitrogens with zero attached hydrogens (tertiary/aromatic N) is 1. The van der Waals surface area contributed by atoms with E-state index in [1.807, 2.05) is 36.4 Å². The predicted molar refractivity (Wildman–Crippen MR) is 117 cm³/mol. The Bertz CT molecular complexity index is 1170. The molecule has 0 atom stereocenters. The second-order valence-corrected chi connectivity index (χ2v) is 7.70.